The highest BCUT2D eigenvalue weighted by Crippen LogP contribution is 2.33. The van der Waals surface area contributed by atoms with Crippen LogP contribution in [-0.4, -0.2) is 16.0 Å². The maximum absolute atomic E-state index is 5.78. The molecule has 1 aromatic rings. The van der Waals surface area contributed by atoms with E-state index in [9.17, 15) is 0 Å². The minimum atomic E-state index is 0.518. The summed E-state index contributed by atoms with van der Waals surface area (Å²) in [6, 6.07) is 2.35. The van der Waals surface area contributed by atoms with Crippen molar-refractivity contribution in [2.45, 2.75) is 46.1 Å². The van der Waals surface area contributed by atoms with Crippen molar-refractivity contribution in [2.24, 2.45) is 11.8 Å². The highest BCUT2D eigenvalue weighted by molar-refractivity contribution is 5.45. The quantitative estimate of drug-likeness (QED) is 0.843. The second kappa shape index (κ2) is 4.90. The summed E-state index contributed by atoms with van der Waals surface area (Å²) in [7, 11) is 0. The summed E-state index contributed by atoms with van der Waals surface area (Å²) in [4.78, 5) is 8.66. The molecule has 0 aliphatic heterocycles. The lowest BCUT2D eigenvalue weighted by atomic mass is 9.98. The molecule has 0 radical (unpaired) electrons. The average Bonchev–Trinajstić information content (AvgIpc) is 2.60. The maximum atomic E-state index is 5.78. The summed E-state index contributed by atoms with van der Waals surface area (Å²) in [5.74, 6) is 3.72. The molecule has 94 valence electrons. The van der Waals surface area contributed by atoms with Crippen LogP contribution in [0.3, 0.4) is 0 Å². The topological polar surface area (TPSA) is 63.8 Å². The van der Waals surface area contributed by atoms with E-state index in [1.54, 1.807) is 0 Å². The fourth-order valence-corrected chi connectivity index (χ4v) is 2.51. The molecule has 1 fully saturated rings. The largest absolute Gasteiger partial charge is 0.384 e. The van der Waals surface area contributed by atoms with Gasteiger partial charge in [-0.2, -0.15) is 0 Å². The van der Waals surface area contributed by atoms with Gasteiger partial charge in [0.05, 0.1) is 0 Å². The number of nitrogen functional groups attached to an aromatic ring is 1. The Balaban J connectivity index is 2.10. The van der Waals surface area contributed by atoms with Gasteiger partial charge in [0.15, 0.2) is 0 Å². The van der Waals surface area contributed by atoms with Gasteiger partial charge in [-0.25, -0.2) is 9.97 Å². The zero-order valence-electron chi connectivity index (χ0n) is 10.9. The van der Waals surface area contributed by atoms with Gasteiger partial charge >= 0.3 is 0 Å². The SMILES string of the molecule is CCc1nc(N)cc(NC2CCC(C)C2C)n1. The molecule has 0 bridgehead atoms. The van der Waals surface area contributed by atoms with Crippen LogP contribution in [0.2, 0.25) is 0 Å². The van der Waals surface area contributed by atoms with E-state index >= 15 is 0 Å². The third kappa shape index (κ3) is 2.68. The van der Waals surface area contributed by atoms with Crippen molar-refractivity contribution < 1.29 is 0 Å². The highest BCUT2D eigenvalue weighted by Gasteiger charge is 2.29. The van der Waals surface area contributed by atoms with Gasteiger partial charge < -0.3 is 11.1 Å². The fraction of sp³-hybridized carbons (Fsp3) is 0.692. The van der Waals surface area contributed by atoms with Crippen molar-refractivity contribution >= 4 is 11.6 Å². The smallest absolute Gasteiger partial charge is 0.132 e. The first kappa shape index (κ1) is 12.1. The second-order valence-corrected chi connectivity index (χ2v) is 5.11. The predicted octanol–water partition coefficient (Wildman–Crippen LogP) is 2.47. The molecule has 2 rings (SSSR count). The molecule has 0 aromatic carbocycles. The van der Waals surface area contributed by atoms with Crippen LogP contribution in [0, 0.1) is 11.8 Å². The van der Waals surface area contributed by atoms with E-state index in [2.05, 4.69) is 29.1 Å². The van der Waals surface area contributed by atoms with E-state index < -0.39 is 0 Å². The van der Waals surface area contributed by atoms with Crippen LogP contribution in [0.5, 0.6) is 0 Å². The molecule has 3 atom stereocenters. The normalized spacial score (nSPS) is 28.3. The summed E-state index contributed by atoms with van der Waals surface area (Å²) in [5, 5.41) is 3.51. The van der Waals surface area contributed by atoms with Crippen LogP contribution in [0.4, 0.5) is 11.6 Å². The van der Waals surface area contributed by atoms with E-state index in [1.165, 1.54) is 12.8 Å². The first-order valence-electron chi connectivity index (χ1n) is 6.50. The summed E-state index contributed by atoms with van der Waals surface area (Å²) >= 11 is 0. The van der Waals surface area contributed by atoms with Crippen molar-refractivity contribution in [1.29, 1.82) is 0 Å². The fourth-order valence-electron chi connectivity index (χ4n) is 2.51. The number of rotatable bonds is 3. The molecule has 4 nitrogen and oxygen atoms in total. The number of nitrogens with two attached hydrogens (primary N) is 1. The first-order chi connectivity index (χ1) is 8.10. The highest BCUT2D eigenvalue weighted by atomic mass is 15.1. The minimum Gasteiger partial charge on any atom is -0.384 e. The monoisotopic (exact) mass is 234 g/mol. The Hall–Kier alpha value is -1.32. The Labute approximate surface area is 103 Å². The number of nitrogens with zero attached hydrogens (tertiary/aromatic N) is 2. The molecule has 1 aliphatic carbocycles. The van der Waals surface area contributed by atoms with Gasteiger partial charge in [0.2, 0.25) is 0 Å². The second-order valence-electron chi connectivity index (χ2n) is 5.11. The molecule has 0 spiro atoms. The van der Waals surface area contributed by atoms with Crippen molar-refractivity contribution in [3.63, 3.8) is 0 Å². The van der Waals surface area contributed by atoms with Crippen molar-refractivity contribution in [2.75, 3.05) is 11.1 Å². The van der Waals surface area contributed by atoms with Crippen LogP contribution in [-0.2, 0) is 6.42 Å². The third-order valence-electron chi connectivity index (χ3n) is 3.91. The molecule has 1 aliphatic rings. The van der Waals surface area contributed by atoms with Gasteiger partial charge in [-0.05, 0) is 24.7 Å². The van der Waals surface area contributed by atoms with Crippen molar-refractivity contribution in [3.05, 3.63) is 11.9 Å². The number of aryl methyl sites for hydroxylation is 1. The van der Waals surface area contributed by atoms with Crippen LogP contribution >= 0.6 is 0 Å². The Morgan fingerprint density at radius 3 is 2.71 bits per heavy atom. The molecule has 3 N–H and O–H groups in total. The van der Waals surface area contributed by atoms with Crippen LogP contribution < -0.4 is 11.1 Å². The van der Waals surface area contributed by atoms with E-state index in [4.69, 9.17) is 5.73 Å². The first-order valence-corrected chi connectivity index (χ1v) is 6.50. The van der Waals surface area contributed by atoms with E-state index in [-0.39, 0.29) is 0 Å². The molecule has 0 saturated heterocycles. The van der Waals surface area contributed by atoms with Crippen LogP contribution in [0.1, 0.15) is 39.4 Å². The number of nitrogens with one attached hydrogen (secondary N) is 1. The summed E-state index contributed by atoms with van der Waals surface area (Å²) in [6.45, 7) is 6.66. The number of aromatic nitrogens is 2. The van der Waals surface area contributed by atoms with Gasteiger partial charge in [-0.3, -0.25) is 0 Å². The number of hydrogen-bond acceptors (Lipinski definition) is 4. The summed E-state index contributed by atoms with van der Waals surface area (Å²) in [5.41, 5.74) is 5.78. The minimum absolute atomic E-state index is 0.518. The van der Waals surface area contributed by atoms with Gasteiger partial charge in [0.1, 0.15) is 17.5 Å². The molecule has 4 heteroatoms. The van der Waals surface area contributed by atoms with E-state index in [1.807, 2.05) is 13.0 Å². The molecule has 17 heavy (non-hydrogen) atoms. The lowest BCUT2D eigenvalue weighted by Gasteiger charge is -2.20. The molecular weight excluding hydrogens is 212 g/mol. The lowest BCUT2D eigenvalue weighted by Crippen LogP contribution is -2.25. The van der Waals surface area contributed by atoms with Gasteiger partial charge in [-0.15, -0.1) is 0 Å². The Morgan fingerprint density at radius 1 is 1.35 bits per heavy atom. The zero-order valence-corrected chi connectivity index (χ0v) is 10.9. The van der Waals surface area contributed by atoms with E-state index in [0.29, 0.717) is 17.8 Å². The summed E-state index contributed by atoms with van der Waals surface area (Å²) in [6.07, 6.45) is 3.32. The maximum Gasteiger partial charge on any atom is 0.132 e. The number of anilines is 2. The molecule has 3 unspecified atom stereocenters. The molecule has 1 heterocycles. The number of hydrogen-bond donors (Lipinski definition) is 2. The standard InChI is InChI=1S/C13H22N4/c1-4-12-16-11(14)7-13(17-12)15-10-6-5-8(2)9(10)3/h7-10H,4-6H2,1-3H3,(H3,14,15,16,17). The van der Waals surface area contributed by atoms with Crippen molar-refractivity contribution in [3.8, 4) is 0 Å². The lowest BCUT2D eigenvalue weighted by molar-refractivity contribution is 0.435. The van der Waals surface area contributed by atoms with Crippen LogP contribution in [0.15, 0.2) is 6.07 Å². The zero-order chi connectivity index (χ0) is 12.4. The molecule has 1 aromatic heterocycles. The molecule has 1 saturated carbocycles. The molecule has 0 amide bonds. The van der Waals surface area contributed by atoms with Gasteiger partial charge in [0, 0.05) is 18.5 Å². The Kier molecular flexibility index (Phi) is 3.50. The van der Waals surface area contributed by atoms with Gasteiger partial charge in [-0.1, -0.05) is 20.8 Å². The summed E-state index contributed by atoms with van der Waals surface area (Å²) < 4.78 is 0. The molecular formula is C13H22N4. The Morgan fingerprint density at radius 2 is 2.12 bits per heavy atom. The van der Waals surface area contributed by atoms with Crippen molar-refractivity contribution in [1.82, 2.24) is 9.97 Å². The third-order valence-corrected chi connectivity index (χ3v) is 3.91. The van der Waals surface area contributed by atoms with Crippen LogP contribution in [0.25, 0.3) is 0 Å². The van der Waals surface area contributed by atoms with E-state index in [0.717, 1.165) is 24.0 Å². The predicted molar refractivity (Wildman–Crippen MR) is 70.8 cm³/mol. The van der Waals surface area contributed by atoms with Gasteiger partial charge in [0.25, 0.3) is 0 Å². The Bertz CT molecular complexity index is 391. The average molecular weight is 234 g/mol.